The predicted octanol–water partition coefficient (Wildman–Crippen LogP) is 10.5. The number of aromatic hydroxyl groups is 2. The van der Waals surface area contributed by atoms with Gasteiger partial charge in [0.1, 0.15) is 38.7 Å². The molecule has 16 heterocycles. The maximum atomic E-state index is 15.3. The Morgan fingerprint density at radius 3 is 1.47 bits per heavy atom. The second-order valence-electron chi connectivity index (χ2n) is 33.6. The number of hydrogen-bond donors (Lipinski definition) is 10. The average molecular weight is 1840 g/mol. The number of phenolic OH excluding ortho intramolecular Hbond substituents is 2. The van der Waals surface area contributed by atoms with E-state index in [1.165, 1.54) is 12.2 Å². The van der Waals surface area contributed by atoms with Crippen LogP contribution in [0.1, 0.15) is 142 Å². The summed E-state index contributed by atoms with van der Waals surface area (Å²) in [5.74, 6) is 3.17. The van der Waals surface area contributed by atoms with Gasteiger partial charge in [-0.05, 0) is 160 Å². The van der Waals surface area contributed by atoms with Gasteiger partial charge >= 0.3 is 24.1 Å². The van der Waals surface area contributed by atoms with Gasteiger partial charge in [0.25, 0.3) is 5.09 Å². The van der Waals surface area contributed by atoms with Crippen LogP contribution in [0.3, 0.4) is 0 Å². The minimum Gasteiger partial charge on any atom is -0.504 e. The molecule has 0 saturated carbocycles. The Bertz CT molecular complexity index is 5780. The molecule has 4 fully saturated rings. The number of rotatable bonds is 10. The summed E-state index contributed by atoms with van der Waals surface area (Å²) in [5, 5.41) is 76.2. The second-order valence-corrected chi connectivity index (χ2v) is 35.9. The van der Waals surface area contributed by atoms with Crippen LogP contribution in [0.2, 0.25) is 0 Å². The van der Waals surface area contributed by atoms with Crippen LogP contribution < -0.4 is 49.7 Å². The molecule has 2 aromatic heterocycles. The largest absolute Gasteiger partial charge is 0.504 e. The van der Waals surface area contributed by atoms with E-state index in [1.807, 2.05) is 71.1 Å². The molecule has 32 nitrogen and oxygen atoms in total. The number of aryl methyl sites for hydroxylation is 2. The van der Waals surface area contributed by atoms with Crippen molar-refractivity contribution in [3.63, 3.8) is 0 Å². The van der Waals surface area contributed by atoms with Crippen LogP contribution in [-0.4, -0.2) is 221 Å². The number of piperazine rings is 2. The maximum absolute atomic E-state index is 15.3. The Hall–Kier alpha value is -10.4. The number of aromatic nitrogens is 2. The van der Waals surface area contributed by atoms with E-state index in [9.17, 15) is 30.2 Å². The zero-order chi connectivity index (χ0) is 86.4. The van der Waals surface area contributed by atoms with E-state index >= 15 is 9.59 Å². The molecule has 0 aliphatic carbocycles. The van der Waals surface area contributed by atoms with E-state index in [-0.39, 0.29) is 159 Å². The molecular formula is C90H102AgN12O20S2. The van der Waals surface area contributed by atoms with Crippen molar-refractivity contribution in [2.24, 2.45) is 0 Å². The molecule has 6 aromatic carbocycles. The second kappa shape index (κ2) is 34.1. The minimum absolute atomic E-state index is 0. The summed E-state index contributed by atoms with van der Waals surface area (Å²) in [5.41, 5.74) is 15.5. The molecule has 14 aliphatic rings. The Kier molecular flexibility index (Phi) is 24.0. The van der Waals surface area contributed by atoms with Crippen LogP contribution in [0, 0.1) is 63.0 Å². The first-order valence-corrected chi connectivity index (χ1v) is 43.2. The molecule has 1 radical (unpaired) electrons. The number of alkyl carbamates (subject to hydrolysis) is 2. The topological polar surface area (TPSA) is 401 Å². The molecule has 35 heteroatoms. The van der Waals surface area contributed by atoms with Crippen molar-refractivity contribution in [1.82, 2.24) is 50.8 Å². The van der Waals surface area contributed by atoms with Gasteiger partial charge in [0.05, 0.1) is 61.9 Å². The van der Waals surface area contributed by atoms with Crippen LogP contribution in [0.25, 0.3) is 21.8 Å². The number of ether oxygens (including phenoxy) is 10. The molecule has 0 unspecified atom stereocenters. The van der Waals surface area contributed by atoms with Crippen molar-refractivity contribution in [3.05, 3.63) is 196 Å². The molecule has 2 amide bonds. The number of esters is 2. The summed E-state index contributed by atoms with van der Waals surface area (Å²) in [4.78, 5) is 80.3. The molecule has 22 rings (SSSR count). The number of hydrogen-bond acceptors (Lipinski definition) is 28. The molecule has 16 atom stereocenters. The third-order valence-corrected chi connectivity index (χ3v) is 30.5. The summed E-state index contributed by atoms with van der Waals surface area (Å²) >= 11 is 3.26. The summed E-state index contributed by atoms with van der Waals surface area (Å²) < 4.78 is 60.1. The number of phenols is 2. The number of amides is 2. The minimum atomic E-state index is -1.50. The first kappa shape index (κ1) is 88.1. The smallest absolute Gasteiger partial charge is 0.407 e. The fourth-order valence-corrected chi connectivity index (χ4v) is 25.7. The van der Waals surface area contributed by atoms with Crippen molar-refractivity contribution in [2.45, 2.75) is 169 Å². The van der Waals surface area contributed by atoms with Crippen LogP contribution >= 0.6 is 23.5 Å². The van der Waals surface area contributed by atoms with Gasteiger partial charge in [-0.25, -0.2) is 19.2 Å². The number of carbonyl (C=O) groups is 4. The first-order valence-electron chi connectivity index (χ1n) is 41.1. The van der Waals surface area contributed by atoms with Gasteiger partial charge in [0.15, 0.2) is 57.1 Å². The summed E-state index contributed by atoms with van der Waals surface area (Å²) in [6.07, 6.45) is 3.01. The Morgan fingerprint density at radius 2 is 1.04 bits per heavy atom. The van der Waals surface area contributed by atoms with Crippen molar-refractivity contribution in [3.8, 4) is 52.1 Å². The third kappa shape index (κ3) is 13.9. The molecular weight excluding hydrogens is 1740 g/mol. The number of nitrogens with one attached hydrogen (secondary N) is 6. The van der Waals surface area contributed by atoms with E-state index in [2.05, 4.69) is 115 Å². The van der Waals surface area contributed by atoms with E-state index in [1.54, 1.807) is 37.7 Å². The molecule has 665 valence electrons. The Morgan fingerprint density at radius 1 is 0.632 bits per heavy atom. The predicted molar refractivity (Wildman–Crippen MR) is 459 cm³/mol. The normalized spacial score (nSPS) is 27.8. The molecule has 4 saturated heterocycles. The van der Waals surface area contributed by atoms with Gasteiger partial charge < -0.3 is 88.5 Å². The Balaban J connectivity index is 0.000000174. The number of aliphatic hydroxyl groups is 1. The average Bonchev–Trinajstić information content (AvgIpc) is 0.882. The molecule has 8 aromatic rings. The number of benzene rings is 6. The molecule has 8 bridgehead atoms. The summed E-state index contributed by atoms with van der Waals surface area (Å²) in [7, 11) is 7.23. The number of H-pyrrole nitrogens is 2. The van der Waals surface area contributed by atoms with Gasteiger partial charge in [0, 0.05) is 132 Å². The number of aromatic amines is 2. The summed E-state index contributed by atoms with van der Waals surface area (Å²) in [6, 6.07) is 18.2. The van der Waals surface area contributed by atoms with Crippen LogP contribution in [0.15, 0.2) is 86.0 Å². The quantitative estimate of drug-likeness (QED) is 0.0152. The monoisotopic (exact) mass is 1840 g/mol. The molecule has 14 aliphatic heterocycles. The zero-order valence-corrected chi connectivity index (χ0v) is 73.1. The van der Waals surface area contributed by atoms with Gasteiger partial charge in [0.2, 0.25) is 13.6 Å². The van der Waals surface area contributed by atoms with Crippen molar-refractivity contribution >= 4 is 69.5 Å². The Labute approximate surface area is 745 Å². The van der Waals surface area contributed by atoms with Gasteiger partial charge in [-0.15, -0.1) is 33.6 Å². The van der Waals surface area contributed by atoms with Crippen LogP contribution in [-0.2, 0) is 87.7 Å². The molecule has 2 spiro atoms. The van der Waals surface area contributed by atoms with Gasteiger partial charge in [-0.1, -0.05) is 81.3 Å². The zero-order valence-electron chi connectivity index (χ0n) is 69.9. The van der Waals surface area contributed by atoms with E-state index in [4.69, 9.17) is 62.7 Å². The number of para-hydroxylation sites is 2. The summed E-state index contributed by atoms with van der Waals surface area (Å²) in [6.45, 7) is 19.9. The van der Waals surface area contributed by atoms with Crippen molar-refractivity contribution in [2.75, 3.05) is 92.9 Å². The van der Waals surface area contributed by atoms with E-state index < -0.39 is 70.7 Å². The van der Waals surface area contributed by atoms with Crippen molar-refractivity contribution in [1.29, 1.82) is 5.26 Å². The van der Waals surface area contributed by atoms with E-state index in [0.717, 1.165) is 122 Å². The number of aliphatic hydroxyl groups excluding tert-OH is 1. The first-order chi connectivity index (χ1) is 59.2. The van der Waals surface area contributed by atoms with Gasteiger partial charge in [-0.3, -0.25) is 30.2 Å². The van der Waals surface area contributed by atoms with Crippen LogP contribution in [0.4, 0.5) is 9.59 Å². The number of thioether (sulfide) groups is 2. The maximum Gasteiger partial charge on any atom is 0.407 e. The number of methoxy groups -OCH3 is 2. The van der Waals surface area contributed by atoms with Crippen molar-refractivity contribution < 1.29 is 115 Å². The number of nitriles is 1. The van der Waals surface area contributed by atoms with Gasteiger partial charge in [-0.2, -0.15) is 5.26 Å². The SMILES string of the molecule is C.C=CCOC(=O)NC[C@@H]1Cc2c([nH]c3ccccc23)[C@@]2(CS[C@@H]3c4c(C)c(C)c5c(c4[C@H](COC2=O)N2[C@@H]3[C@H]3c4c(cc(C)c(OC)c4O)C[C@@H]([C@@H]2C#N)N3C)OCO5)N1.C=CCOC(=O)NC[C@@H]1Cc2c([nH]c3ccccc23)[C@@]2(CS[C@@H]3c4c(C)c(C)c5c(c4[C@H](COC2=O)N2[C@@H]3[C@H]3c4c(cc(C)c(OC)c4O)C[C@@H]([C@@H]2O)N3C)OCO5)N1.O=[N+]([O-])O.[Ag]. The number of likely N-dealkylation sites (N-methyl/N-ethyl adjacent to an activating group) is 2. The fourth-order valence-electron chi connectivity index (χ4n) is 22.3. The van der Waals surface area contributed by atoms with E-state index in [0.29, 0.717) is 60.2 Å². The third-order valence-electron chi connectivity index (χ3n) is 27.5. The molecule has 125 heavy (non-hydrogen) atoms. The number of nitrogens with zero attached hydrogens (tertiary/aromatic N) is 6. The standard InChI is InChI=1S/C45H48N6O8S.C44H49N5O9S.CH4.Ag.HNO3/c1-7-12-56-44(54)47-17-25-15-27-26-10-8-9-11-28(26)48-42(27)45(49-25)19-60-41-32-22(3)23(4)39-40(59-20-58-39)34(32)31(18-57-43(45)53)51-30(16-46)29-14-24-13-21(2)38(55-6)37(52)33(24)35(36(41)51)50(29)5;1-7-12-55-43(53)45-16-24-15-26-25-10-8-9-11-27(25)46-40(26)44(47-24)18-59-39-30-21(3)22(4)37-38(58-19-57-37)32(30)29(17-56-42(44)52)49-34(39)33-31-23(14-28(41(49)51)48(33)5)13-20(2)36(54-6)35(31)50;;;2-1(3)4/h7-11,13,25,29-31,35-36,41,48-49,52H,1,12,14-15,17-20H2,2-6H3,(H,47,54);7-11,13,24,28-29,33-34,39,41,46-47,50-51H,1,12,14-19H2,2-6H3,(H,45,53);1H4;;(H,2,3,4)/t25-,29-,30-,31-,35+,36+,41+,45+;24-,28-,29-,33+,34+,39+,41-,44+;;;/m00.../s1. The fraction of sp³-hybridized carbons (Fsp3) is 0.456. The number of fused-ring (bicyclic) bond motifs is 22. The van der Waals surface area contributed by atoms with Crippen LogP contribution in [0.5, 0.6) is 46.0 Å². The number of carbonyl (C=O) groups excluding carboxylic acids is 4. The molecule has 10 N–H and O–H groups in total.